The fraction of sp³-hybridized carbons (Fsp3) is 0.650. The number of hydrogen-bond donors (Lipinski definition) is 3. The Morgan fingerprint density at radius 2 is 1.29 bits per heavy atom. The van der Waals surface area contributed by atoms with Crippen LogP contribution in [-0.4, -0.2) is 16.1 Å². The molecule has 24 heavy (non-hydrogen) atoms. The van der Waals surface area contributed by atoms with Gasteiger partial charge in [0.15, 0.2) is 0 Å². The Kier molecular flexibility index (Phi) is 8.66. The molecular weight excluding hydrogens is 302 g/mol. The number of aromatic hydroxyl groups is 2. The molecule has 1 amide bonds. The largest absolute Gasteiger partial charge is 0.507 e. The molecular formula is C20H33NO3. The van der Waals surface area contributed by atoms with Crippen LogP contribution in [0.5, 0.6) is 11.5 Å². The Morgan fingerprint density at radius 1 is 0.792 bits per heavy atom. The minimum atomic E-state index is -0.109. The highest BCUT2D eigenvalue weighted by atomic mass is 16.3. The topological polar surface area (TPSA) is 69.6 Å². The van der Waals surface area contributed by atoms with Crippen LogP contribution in [0.1, 0.15) is 81.4 Å². The van der Waals surface area contributed by atoms with Gasteiger partial charge in [0.05, 0.1) is 5.69 Å². The van der Waals surface area contributed by atoms with Crippen LogP contribution < -0.4 is 5.32 Å². The van der Waals surface area contributed by atoms with E-state index in [-0.39, 0.29) is 17.4 Å². The molecule has 0 spiro atoms. The van der Waals surface area contributed by atoms with Crippen molar-refractivity contribution >= 4 is 11.6 Å². The number of hydrogen-bond acceptors (Lipinski definition) is 3. The molecule has 4 nitrogen and oxygen atoms in total. The highest BCUT2D eigenvalue weighted by Gasteiger charge is 2.17. The third kappa shape index (κ3) is 5.73. The Balaban J connectivity index is 2.41. The van der Waals surface area contributed by atoms with E-state index in [2.05, 4.69) is 12.2 Å². The standard InChI is InChI=1S/C20H33NO3/c1-5-6-7-8-9-10-11-12-13-17(22)21-18-16(4)19(23)14(2)15(3)20(18)24/h23-24H,5-13H2,1-4H3,(H,21,22). The number of rotatable bonds is 10. The van der Waals surface area contributed by atoms with E-state index >= 15 is 0 Å². The Labute approximate surface area is 146 Å². The summed E-state index contributed by atoms with van der Waals surface area (Å²) in [5, 5.41) is 23.1. The minimum absolute atomic E-state index is 0.0482. The van der Waals surface area contributed by atoms with Gasteiger partial charge < -0.3 is 15.5 Å². The smallest absolute Gasteiger partial charge is 0.224 e. The molecule has 136 valence electrons. The van der Waals surface area contributed by atoms with Crippen molar-refractivity contribution in [1.82, 2.24) is 0 Å². The molecule has 0 unspecified atom stereocenters. The third-order valence-corrected chi connectivity index (χ3v) is 4.76. The van der Waals surface area contributed by atoms with Crippen LogP contribution in [-0.2, 0) is 4.79 Å². The maximum absolute atomic E-state index is 12.1. The molecule has 4 heteroatoms. The summed E-state index contributed by atoms with van der Waals surface area (Å²) in [4.78, 5) is 12.1. The molecule has 0 radical (unpaired) electrons. The molecule has 0 bridgehead atoms. The molecule has 0 fully saturated rings. The molecule has 1 aromatic rings. The third-order valence-electron chi connectivity index (χ3n) is 4.76. The first kappa shape index (κ1) is 20.3. The summed E-state index contributed by atoms with van der Waals surface area (Å²) in [5.74, 6) is 0.0711. The first-order valence-electron chi connectivity index (χ1n) is 9.21. The monoisotopic (exact) mass is 335 g/mol. The molecule has 1 aromatic carbocycles. The zero-order valence-corrected chi connectivity index (χ0v) is 15.7. The van der Waals surface area contributed by atoms with Crippen LogP contribution in [0.25, 0.3) is 0 Å². The van der Waals surface area contributed by atoms with Gasteiger partial charge in [0.1, 0.15) is 11.5 Å². The lowest BCUT2D eigenvalue weighted by Crippen LogP contribution is -2.13. The zero-order chi connectivity index (χ0) is 18.1. The quantitative estimate of drug-likeness (QED) is 0.301. The lowest BCUT2D eigenvalue weighted by Gasteiger charge is -2.16. The van der Waals surface area contributed by atoms with Gasteiger partial charge in [-0.1, -0.05) is 51.9 Å². The molecule has 0 aliphatic rings. The lowest BCUT2D eigenvalue weighted by molar-refractivity contribution is -0.116. The Bertz CT molecular complexity index is 523. The maximum Gasteiger partial charge on any atom is 0.224 e. The Hall–Kier alpha value is -1.71. The van der Waals surface area contributed by atoms with Gasteiger partial charge in [-0.25, -0.2) is 0 Å². The Morgan fingerprint density at radius 3 is 1.88 bits per heavy atom. The fourth-order valence-electron chi connectivity index (χ4n) is 2.89. The van der Waals surface area contributed by atoms with E-state index in [0.29, 0.717) is 28.8 Å². The summed E-state index contributed by atoms with van der Waals surface area (Å²) in [6.07, 6.45) is 9.95. The predicted molar refractivity (Wildman–Crippen MR) is 99.8 cm³/mol. The number of carbonyl (C=O) groups excluding carboxylic acids is 1. The number of unbranched alkanes of at least 4 members (excludes halogenated alkanes) is 7. The van der Waals surface area contributed by atoms with Gasteiger partial charge in [-0.2, -0.15) is 0 Å². The minimum Gasteiger partial charge on any atom is -0.507 e. The average Bonchev–Trinajstić information content (AvgIpc) is 2.57. The molecule has 1 rings (SSSR count). The highest BCUT2D eigenvalue weighted by molar-refractivity contribution is 5.94. The number of nitrogens with one attached hydrogen (secondary N) is 1. The molecule has 0 aromatic heterocycles. The zero-order valence-electron chi connectivity index (χ0n) is 15.7. The van der Waals surface area contributed by atoms with Crippen molar-refractivity contribution in [3.63, 3.8) is 0 Å². The van der Waals surface area contributed by atoms with E-state index < -0.39 is 0 Å². The predicted octanol–water partition coefficient (Wildman–Crippen LogP) is 5.49. The van der Waals surface area contributed by atoms with Crippen molar-refractivity contribution in [3.8, 4) is 11.5 Å². The number of anilines is 1. The van der Waals surface area contributed by atoms with Crippen molar-refractivity contribution in [2.45, 2.75) is 85.5 Å². The normalized spacial score (nSPS) is 10.8. The summed E-state index contributed by atoms with van der Waals surface area (Å²) in [5.41, 5.74) is 2.09. The van der Waals surface area contributed by atoms with Gasteiger partial charge in [0.2, 0.25) is 5.91 Å². The van der Waals surface area contributed by atoms with Crippen LogP contribution in [0.3, 0.4) is 0 Å². The number of benzene rings is 1. The lowest BCUT2D eigenvalue weighted by atomic mass is 10.0. The van der Waals surface area contributed by atoms with Crippen LogP contribution in [0, 0.1) is 20.8 Å². The van der Waals surface area contributed by atoms with Gasteiger partial charge in [-0.15, -0.1) is 0 Å². The van der Waals surface area contributed by atoms with Gasteiger partial charge in [-0.05, 0) is 38.3 Å². The average molecular weight is 335 g/mol. The van der Waals surface area contributed by atoms with Crippen molar-refractivity contribution < 1.29 is 15.0 Å². The summed E-state index contributed by atoms with van der Waals surface area (Å²) in [7, 11) is 0. The van der Waals surface area contributed by atoms with E-state index in [4.69, 9.17) is 0 Å². The van der Waals surface area contributed by atoms with E-state index in [1.54, 1.807) is 20.8 Å². The number of amides is 1. The highest BCUT2D eigenvalue weighted by Crippen LogP contribution is 2.40. The fourth-order valence-corrected chi connectivity index (χ4v) is 2.89. The van der Waals surface area contributed by atoms with Gasteiger partial charge in [0, 0.05) is 12.0 Å². The summed E-state index contributed by atoms with van der Waals surface area (Å²) in [6.45, 7) is 7.41. The molecule has 0 aliphatic carbocycles. The molecule has 0 saturated carbocycles. The summed E-state index contributed by atoms with van der Waals surface area (Å²) < 4.78 is 0. The second kappa shape index (κ2) is 10.2. The molecule has 0 heterocycles. The molecule has 0 atom stereocenters. The second-order valence-electron chi connectivity index (χ2n) is 6.72. The van der Waals surface area contributed by atoms with E-state index in [9.17, 15) is 15.0 Å². The van der Waals surface area contributed by atoms with Crippen LogP contribution in [0.4, 0.5) is 5.69 Å². The van der Waals surface area contributed by atoms with E-state index in [1.807, 2.05) is 0 Å². The molecule has 0 saturated heterocycles. The van der Waals surface area contributed by atoms with E-state index in [0.717, 1.165) is 12.8 Å². The van der Waals surface area contributed by atoms with Crippen molar-refractivity contribution in [1.29, 1.82) is 0 Å². The van der Waals surface area contributed by atoms with Crippen molar-refractivity contribution in [2.75, 3.05) is 5.32 Å². The maximum atomic E-state index is 12.1. The first-order chi connectivity index (χ1) is 11.4. The number of phenols is 2. The van der Waals surface area contributed by atoms with Crippen LogP contribution in [0.2, 0.25) is 0 Å². The number of phenolic OH excluding ortho intramolecular Hbond substituents is 2. The van der Waals surface area contributed by atoms with Gasteiger partial charge in [-0.3, -0.25) is 4.79 Å². The van der Waals surface area contributed by atoms with Crippen molar-refractivity contribution in [2.24, 2.45) is 0 Å². The second-order valence-corrected chi connectivity index (χ2v) is 6.72. The first-order valence-corrected chi connectivity index (χ1v) is 9.21. The molecule has 0 aliphatic heterocycles. The number of carbonyl (C=O) groups is 1. The van der Waals surface area contributed by atoms with Gasteiger partial charge >= 0.3 is 0 Å². The van der Waals surface area contributed by atoms with Crippen LogP contribution in [0.15, 0.2) is 0 Å². The molecule has 3 N–H and O–H groups in total. The summed E-state index contributed by atoms with van der Waals surface area (Å²) in [6, 6.07) is 0. The van der Waals surface area contributed by atoms with Gasteiger partial charge in [0.25, 0.3) is 0 Å². The summed E-state index contributed by atoms with van der Waals surface area (Å²) >= 11 is 0. The van der Waals surface area contributed by atoms with Crippen molar-refractivity contribution in [3.05, 3.63) is 16.7 Å². The SMILES string of the molecule is CCCCCCCCCCC(=O)Nc1c(C)c(O)c(C)c(C)c1O. The van der Waals surface area contributed by atoms with Crippen LogP contribution >= 0.6 is 0 Å². The van der Waals surface area contributed by atoms with E-state index in [1.165, 1.54) is 38.5 Å².